The van der Waals surface area contributed by atoms with Crippen LogP contribution in [0.15, 0.2) is 24.3 Å². The maximum absolute atomic E-state index is 11.6. The molecule has 5 heteroatoms. The number of aryl methyl sites for hydroxylation is 1. The van der Waals surface area contributed by atoms with Gasteiger partial charge in [-0.1, -0.05) is 26.2 Å². The van der Waals surface area contributed by atoms with Gasteiger partial charge in [-0.15, -0.1) is 22.7 Å². The molecular weight excluding hydrogens is 348 g/mol. The molecule has 0 spiro atoms. The van der Waals surface area contributed by atoms with Gasteiger partial charge >= 0.3 is 5.91 Å². The molecule has 1 unspecified atom stereocenters. The van der Waals surface area contributed by atoms with Crippen LogP contribution in [0.5, 0.6) is 0 Å². The molecule has 2 rings (SSSR count). The second kappa shape index (κ2) is 10.4. The van der Waals surface area contributed by atoms with Gasteiger partial charge < -0.3 is 10.2 Å². The number of unbranched alkanes of at least 4 members (excludes halogenated alkanes) is 3. The van der Waals surface area contributed by atoms with E-state index in [-0.39, 0.29) is 5.91 Å². The molecule has 0 saturated carbocycles. The van der Waals surface area contributed by atoms with Crippen LogP contribution in [0, 0.1) is 6.57 Å². The molecule has 0 aliphatic heterocycles. The number of amides is 1. The van der Waals surface area contributed by atoms with Gasteiger partial charge in [0, 0.05) is 33.0 Å². The van der Waals surface area contributed by atoms with Crippen LogP contribution >= 0.6 is 22.7 Å². The Morgan fingerprint density at radius 1 is 1.08 bits per heavy atom. The molecule has 0 fully saturated rings. The third-order valence-electron chi connectivity index (χ3n) is 4.09. The molecule has 2 aromatic rings. The van der Waals surface area contributed by atoms with Gasteiger partial charge in [-0.3, -0.25) is 4.79 Å². The molecule has 0 aliphatic rings. The van der Waals surface area contributed by atoms with E-state index in [1.807, 2.05) is 11.3 Å². The Hall–Kier alpha value is -1.64. The van der Waals surface area contributed by atoms with E-state index in [1.54, 1.807) is 18.3 Å². The van der Waals surface area contributed by atoms with Crippen molar-refractivity contribution >= 4 is 28.6 Å². The molecule has 3 nitrogen and oxygen atoms in total. The van der Waals surface area contributed by atoms with Crippen molar-refractivity contribution in [3.05, 3.63) is 45.4 Å². The number of hydrogen-bond acceptors (Lipinski definition) is 3. The average molecular weight is 375 g/mol. The third kappa shape index (κ3) is 6.30. The van der Waals surface area contributed by atoms with E-state index in [0.717, 1.165) is 6.42 Å². The number of hydrogen-bond donors (Lipinski definition) is 1. The van der Waals surface area contributed by atoms with Crippen LogP contribution in [0.2, 0.25) is 0 Å². The maximum atomic E-state index is 11.6. The lowest BCUT2D eigenvalue weighted by Crippen LogP contribution is -2.32. The molecule has 0 bridgehead atoms. The number of rotatable bonds is 10. The second-order valence-corrected chi connectivity index (χ2v) is 8.53. The van der Waals surface area contributed by atoms with Gasteiger partial charge in [0.2, 0.25) is 0 Å². The van der Waals surface area contributed by atoms with E-state index in [0.29, 0.717) is 6.54 Å². The van der Waals surface area contributed by atoms with Crippen LogP contribution in [-0.2, 0) is 17.6 Å². The summed E-state index contributed by atoms with van der Waals surface area (Å²) in [6, 6.07) is 8.22. The molecule has 2 heterocycles. The highest BCUT2D eigenvalue weighted by molar-refractivity contribution is 7.22. The van der Waals surface area contributed by atoms with Gasteiger partial charge in [0.25, 0.3) is 6.04 Å². The summed E-state index contributed by atoms with van der Waals surface area (Å²) in [4.78, 5) is 20.2. The minimum Gasteiger partial charge on any atom is -0.349 e. The molecule has 0 aromatic carbocycles. The molecule has 134 valence electrons. The molecule has 2 aromatic heterocycles. The van der Waals surface area contributed by atoms with Crippen molar-refractivity contribution in [1.82, 2.24) is 5.32 Å². The van der Waals surface area contributed by atoms with Gasteiger partial charge in [-0.25, -0.2) is 6.57 Å². The molecule has 25 heavy (non-hydrogen) atoms. The average Bonchev–Trinajstić information content (AvgIpc) is 3.27. The smallest absolute Gasteiger partial charge is 0.302 e. The quantitative estimate of drug-likeness (QED) is 0.428. The minimum absolute atomic E-state index is 0.183. The topological polar surface area (TPSA) is 33.5 Å². The fourth-order valence-corrected chi connectivity index (χ4v) is 4.68. The lowest BCUT2D eigenvalue weighted by Gasteiger charge is -2.02. The molecule has 1 amide bonds. The van der Waals surface area contributed by atoms with Crippen molar-refractivity contribution in [2.24, 2.45) is 0 Å². The number of nitrogens with zero attached hydrogens (tertiary/aromatic N) is 1. The zero-order chi connectivity index (χ0) is 18.1. The van der Waals surface area contributed by atoms with E-state index in [1.165, 1.54) is 51.6 Å². The van der Waals surface area contributed by atoms with Crippen molar-refractivity contribution in [3.8, 4) is 9.75 Å². The monoisotopic (exact) mass is 374 g/mol. The number of nitrogens with one attached hydrogen (secondary N) is 1. The number of thiophene rings is 2. The highest BCUT2D eigenvalue weighted by atomic mass is 32.1. The van der Waals surface area contributed by atoms with Crippen LogP contribution in [-0.4, -0.2) is 18.5 Å². The Morgan fingerprint density at radius 2 is 1.72 bits per heavy atom. The first-order valence-electron chi connectivity index (χ1n) is 8.96. The Kier molecular flexibility index (Phi) is 8.17. The SMILES string of the molecule is [C-]#[N+]C(C)C(=O)NCCc1ccc(-c2ccc(CCCCCC)s2)s1. The fraction of sp³-hybridized carbons (Fsp3) is 0.500. The summed E-state index contributed by atoms with van der Waals surface area (Å²) in [5.41, 5.74) is 0. The standard InChI is InChI=1S/C20H26N2OS2/c1-4-5-6-7-8-16-9-11-18(24-16)19-12-10-17(25-19)13-14-22-20(23)15(2)21-3/h9-12,15H,4-8,13-14H2,1-2H3,(H,22,23). The van der Waals surface area contributed by atoms with Crippen molar-refractivity contribution < 1.29 is 4.79 Å². The third-order valence-corrected chi connectivity index (χ3v) is 6.57. The van der Waals surface area contributed by atoms with E-state index in [9.17, 15) is 4.79 Å². The highest BCUT2D eigenvalue weighted by Gasteiger charge is 2.15. The minimum atomic E-state index is -0.597. The molecule has 1 N–H and O–H groups in total. The van der Waals surface area contributed by atoms with Crippen LogP contribution in [0.3, 0.4) is 0 Å². The van der Waals surface area contributed by atoms with Crippen LogP contribution in [0.25, 0.3) is 14.6 Å². The Labute approximate surface area is 158 Å². The van der Waals surface area contributed by atoms with Crippen LogP contribution in [0.1, 0.15) is 49.3 Å². The first-order valence-corrected chi connectivity index (χ1v) is 10.6. The number of carbonyl (C=O) groups excluding carboxylic acids is 1. The lowest BCUT2D eigenvalue weighted by atomic mass is 10.1. The fourth-order valence-electron chi connectivity index (χ4n) is 2.53. The van der Waals surface area contributed by atoms with E-state index in [4.69, 9.17) is 6.57 Å². The molecule has 0 aliphatic carbocycles. The predicted molar refractivity (Wildman–Crippen MR) is 108 cm³/mol. The van der Waals surface area contributed by atoms with Crippen molar-refractivity contribution in [2.75, 3.05) is 6.54 Å². The normalized spacial score (nSPS) is 11.9. The van der Waals surface area contributed by atoms with E-state index < -0.39 is 6.04 Å². The summed E-state index contributed by atoms with van der Waals surface area (Å²) < 4.78 is 0. The summed E-state index contributed by atoms with van der Waals surface area (Å²) in [5, 5.41) is 2.83. The summed E-state index contributed by atoms with van der Waals surface area (Å²) in [5.74, 6) is -0.183. The molecule has 1 atom stereocenters. The first kappa shape index (κ1) is 19.7. The van der Waals surface area contributed by atoms with Gasteiger partial charge in [0.15, 0.2) is 0 Å². The summed E-state index contributed by atoms with van der Waals surface area (Å²) in [6.45, 7) is 11.3. The Morgan fingerprint density at radius 3 is 2.32 bits per heavy atom. The number of carbonyl (C=O) groups is 1. The van der Waals surface area contributed by atoms with Gasteiger partial charge in [0.05, 0.1) is 0 Å². The zero-order valence-corrected chi connectivity index (χ0v) is 16.6. The second-order valence-electron chi connectivity index (χ2n) is 6.19. The first-order chi connectivity index (χ1) is 12.1. The summed E-state index contributed by atoms with van der Waals surface area (Å²) in [7, 11) is 0. The van der Waals surface area contributed by atoms with Crippen LogP contribution < -0.4 is 5.32 Å². The van der Waals surface area contributed by atoms with Gasteiger partial charge in [0.1, 0.15) is 0 Å². The zero-order valence-electron chi connectivity index (χ0n) is 15.0. The summed E-state index contributed by atoms with van der Waals surface area (Å²) >= 11 is 3.70. The lowest BCUT2D eigenvalue weighted by molar-refractivity contribution is -0.121. The maximum Gasteiger partial charge on any atom is 0.302 e. The van der Waals surface area contributed by atoms with Crippen molar-refractivity contribution in [1.29, 1.82) is 0 Å². The largest absolute Gasteiger partial charge is 0.349 e. The van der Waals surface area contributed by atoms with Crippen molar-refractivity contribution in [2.45, 2.75) is 58.4 Å². The molecular formula is C20H26N2OS2. The van der Waals surface area contributed by atoms with E-state index >= 15 is 0 Å². The van der Waals surface area contributed by atoms with Gasteiger partial charge in [-0.2, -0.15) is 0 Å². The highest BCUT2D eigenvalue weighted by Crippen LogP contribution is 2.34. The Bertz CT molecular complexity index is 711. The predicted octanol–water partition coefficient (Wildman–Crippen LogP) is 5.57. The van der Waals surface area contributed by atoms with Crippen molar-refractivity contribution in [3.63, 3.8) is 0 Å². The molecule has 0 radical (unpaired) electrons. The molecule has 0 saturated heterocycles. The van der Waals surface area contributed by atoms with E-state index in [2.05, 4.69) is 41.4 Å². The van der Waals surface area contributed by atoms with Crippen LogP contribution in [0.4, 0.5) is 0 Å². The van der Waals surface area contributed by atoms with Gasteiger partial charge in [-0.05, 0) is 43.5 Å². The summed E-state index contributed by atoms with van der Waals surface area (Å²) in [6.07, 6.45) is 7.23. The Balaban J connectivity index is 1.82.